The van der Waals surface area contributed by atoms with Crippen molar-refractivity contribution in [1.82, 2.24) is 5.43 Å². The van der Waals surface area contributed by atoms with Crippen molar-refractivity contribution in [3.63, 3.8) is 0 Å². The third-order valence-electron chi connectivity index (χ3n) is 1.66. The lowest BCUT2D eigenvalue weighted by atomic mass is 10.3. The maximum atomic E-state index is 11.1. The molecule has 0 aliphatic rings. The van der Waals surface area contributed by atoms with Gasteiger partial charge in [0.05, 0.1) is 0 Å². The Hall–Kier alpha value is -1.10. The molecule has 0 heterocycles. The summed E-state index contributed by atoms with van der Waals surface area (Å²) < 4.78 is 0. The standard InChI is InChI=1S/C8H13N3O/c1-9-7-3-5-8(6-4-7)11(12)10-2/h3-6,9-11H,1-2H3. The fourth-order valence-corrected chi connectivity index (χ4v) is 0.933. The van der Waals surface area contributed by atoms with E-state index in [1.165, 1.54) is 0 Å². The molecule has 0 aliphatic heterocycles. The normalized spacial score (nSPS) is 12.6. The Morgan fingerprint density at radius 3 is 2.17 bits per heavy atom. The number of hydrogen-bond donors (Lipinski definition) is 3. The Balaban J connectivity index is 2.77. The van der Waals surface area contributed by atoms with Crippen LogP contribution in [0.15, 0.2) is 24.3 Å². The number of hydrogen-bond acceptors (Lipinski definition) is 3. The summed E-state index contributed by atoms with van der Waals surface area (Å²) in [6.45, 7) is 0. The molecule has 0 saturated heterocycles. The fourth-order valence-electron chi connectivity index (χ4n) is 0.933. The highest BCUT2D eigenvalue weighted by Crippen LogP contribution is 2.08. The lowest BCUT2D eigenvalue weighted by Gasteiger charge is -2.19. The zero-order valence-electron chi connectivity index (χ0n) is 7.22. The van der Waals surface area contributed by atoms with Crippen LogP contribution in [0.2, 0.25) is 0 Å². The van der Waals surface area contributed by atoms with E-state index in [-0.39, 0.29) is 5.17 Å². The predicted octanol–water partition coefficient (Wildman–Crippen LogP) is -0.123. The van der Waals surface area contributed by atoms with Crippen LogP contribution in [-0.2, 0) is 0 Å². The molecule has 0 amide bonds. The second kappa shape index (κ2) is 4.06. The molecule has 66 valence electrons. The summed E-state index contributed by atoms with van der Waals surface area (Å²) in [5, 5.41) is 14.0. The van der Waals surface area contributed by atoms with E-state index >= 15 is 0 Å². The summed E-state index contributed by atoms with van der Waals surface area (Å²) in [6, 6.07) is 7.30. The molecule has 1 aromatic rings. The quantitative estimate of drug-likeness (QED) is 0.550. The van der Waals surface area contributed by atoms with Crippen LogP contribution in [0.3, 0.4) is 0 Å². The molecule has 4 heteroatoms. The van der Waals surface area contributed by atoms with E-state index in [4.69, 9.17) is 0 Å². The summed E-state index contributed by atoms with van der Waals surface area (Å²) in [6.07, 6.45) is 0. The maximum Gasteiger partial charge on any atom is 0.150 e. The molecular formula is C8H13N3O. The van der Waals surface area contributed by atoms with E-state index in [2.05, 4.69) is 10.7 Å². The Bertz CT molecular complexity index is 235. The first-order valence-electron chi connectivity index (χ1n) is 3.78. The van der Waals surface area contributed by atoms with E-state index in [1.807, 2.05) is 19.2 Å². The predicted molar refractivity (Wildman–Crippen MR) is 49.0 cm³/mol. The van der Waals surface area contributed by atoms with Gasteiger partial charge in [0, 0.05) is 31.9 Å². The van der Waals surface area contributed by atoms with Crippen LogP contribution >= 0.6 is 0 Å². The molecule has 1 atom stereocenters. The van der Waals surface area contributed by atoms with E-state index in [0.717, 1.165) is 5.69 Å². The first-order chi connectivity index (χ1) is 5.77. The number of nitrogens with one attached hydrogen (secondary N) is 3. The second-order valence-corrected chi connectivity index (χ2v) is 2.41. The highest BCUT2D eigenvalue weighted by molar-refractivity contribution is 5.47. The topological polar surface area (TPSA) is 51.6 Å². The highest BCUT2D eigenvalue weighted by Gasteiger charge is 1.98. The molecule has 4 nitrogen and oxygen atoms in total. The van der Waals surface area contributed by atoms with Gasteiger partial charge < -0.3 is 10.5 Å². The van der Waals surface area contributed by atoms with Gasteiger partial charge in [0.2, 0.25) is 0 Å². The van der Waals surface area contributed by atoms with Gasteiger partial charge in [-0.15, -0.1) is 0 Å². The van der Waals surface area contributed by atoms with Gasteiger partial charge in [-0.25, -0.2) is 0 Å². The van der Waals surface area contributed by atoms with Gasteiger partial charge in [-0.05, 0) is 12.1 Å². The SMILES string of the molecule is CNc1ccc([NH+]([O-])NC)cc1. The van der Waals surface area contributed by atoms with Crippen molar-refractivity contribution in [2.75, 3.05) is 19.4 Å². The molecule has 1 rings (SSSR count). The molecule has 12 heavy (non-hydrogen) atoms. The van der Waals surface area contributed by atoms with E-state index in [9.17, 15) is 5.21 Å². The third kappa shape index (κ3) is 1.94. The van der Waals surface area contributed by atoms with Gasteiger partial charge in [0.25, 0.3) is 0 Å². The molecule has 1 aromatic carbocycles. The number of rotatable bonds is 3. The van der Waals surface area contributed by atoms with Crippen molar-refractivity contribution in [1.29, 1.82) is 0 Å². The van der Waals surface area contributed by atoms with Crippen LogP contribution in [0, 0.1) is 5.21 Å². The number of benzene rings is 1. The third-order valence-corrected chi connectivity index (χ3v) is 1.66. The van der Waals surface area contributed by atoms with Gasteiger partial charge in [0.1, 0.15) is 0 Å². The first-order valence-corrected chi connectivity index (χ1v) is 3.78. The lowest BCUT2D eigenvalue weighted by Crippen LogP contribution is -3.08. The van der Waals surface area contributed by atoms with E-state index in [0.29, 0.717) is 5.69 Å². The smallest absolute Gasteiger partial charge is 0.150 e. The second-order valence-electron chi connectivity index (χ2n) is 2.41. The van der Waals surface area contributed by atoms with Crippen molar-refractivity contribution >= 4 is 11.4 Å². The Kier molecular flexibility index (Phi) is 3.04. The molecule has 0 radical (unpaired) electrons. The molecule has 3 N–H and O–H groups in total. The minimum absolute atomic E-state index is 0.0577. The largest absolute Gasteiger partial charge is 0.608 e. The minimum atomic E-state index is -0.0577. The molecule has 0 saturated carbocycles. The van der Waals surface area contributed by atoms with Crippen molar-refractivity contribution in [2.24, 2.45) is 0 Å². The molecule has 1 unspecified atom stereocenters. The van der Waals surface area contributed by atoms with Crippen LogP contribution < -0.4 is 15.9 Å². The van der Waals surface area contributed by atoms with E-state index in [1.54, 1.807) is 19.2 Å². The summed E-state index contributed by atoms with van der Waals surface area (Å²) in [5.41, 5.74) is 4.24. The van der Waals surface area contributed by atoms with Crippen LogP contribution in [0.5, 0.6) is 0 Å². The van der Waals surface area contributed by atoms with Gasteiger partial charge in [0.15, 0.2) is 5.69 Å². The summed E-state index contributed by atoms with van der Waals surface area (Å²) >= 11 is 0. The van der Waals surface area contributed by atoms with Crippen LogP contribution in [0.25, 0.3) is 0 Å². The summed E-state index contributed by atoms with van der Waals surface area (Å²) in [5.74, 6) is 0. The lowest BCUT2D eigenvalue weighted by molar-refractivity contribution is -0.825. The Morgan fingerprint density at radius 2 is 1.75 bits per heavy atom. The number of anilines is 1. The molecule has 0 bridgehead atoms. The summed E-state index contributed by atoms with van der Waals surface area (Å²) in [4.78, 5) is 0. The maximum absolute atomic E-state index is 11.1. The van der Waals surface area contributed by atoms with E-state index < -0.39 is 0 Å². The van der Waals surface area contributed by atoms with Crippen molar-refractivity contribution in [3.05, 3.63) is 29.5 Å². The summed E-state index contributed by atoms with van der Waals surface area (Å²) in [7, 11) is 3.46. The Labute approximate surface area is 71.7 Å². The van der Waals surface area contributed by atoms with Gasteiger partial charge in [-0.1, -0.05) is 0 Å². The van der Waals surface area contributed by atoms with Crippen LogP contribution in [-0.4, -0.2) is 14.1 Å². The van der Waals surface area contributed by atoms with Gasteiger partial charge >= 0.3 is 0 Å². The molecule has 0 spiro atoms. The molecule has 0 aromatic heterocycles. The highest BCUT2D eigenvalue weighted by atomic mass is 16.5. The van der Waals surface area contributed by atoms with Crippen molar-refractivity contribution in [2.45, 2.75) is 0 Å². The molecule has 0 fully saturated rings. The zero-order valence-corrected chi connectivity index (χ0v) is 7.22. The van der Waals surface area contributed by atoms with Crippen LogP contribution in [0.4, 0.5) is 11.4 Å². The monoisotopic (exact) mass is 167 g/mol. The minimum Gasteiger partial charge on any atom is -0.608 e. The fraction of sp³-hybridized carbons (Fsp3) is 0.250. The molecule has 0 aliphatic carbocycles. The zero-order chi connectivity index (χ0) is 8.97. The van der Waals surface area contributed by atoms with Gasteiger partial charge in [-0.2, -0.15) is 5.43 Å². The average Bonchev–Trinajstić information content (AvgIpc) is 2.17. The molecular weight excluding hydrogens is 154 g/mol. The average molecular weight is 167 g/mol. The van der Waals surface area contributed by atoms with Crippen molar-refractivity contribution in [3.8, 4) is 0 Å². The first kappa shape index (κ1) is 8.99. The van der Waals surface area contributed by atoms with Gasteiger partial charge in [-0.3, -0.25) is 5.17 Å². The number of quaternary nitrogens is 1. The van der Waals surface area contributed by atoms with Crippen molar-refractivity contribution < 1.29 is 5.17 Å². The van der Waals surface area contributed by atoms with Crippen LogP contribution in [0.1, 0.15) is 0 Å². The Morgan fingerprint density at radius 1 is 1.17 bits per heavy atom.